The molecule has 0 spiro atoms. The number of methoxy groups -OCH3 is 1. The molecule has 96 valence electrons. The molecule has 0 fully saturated rings. The molecule has 0 aliphatic heterocycles. The maximum Gasteiger partial charge on any atom is 0.118 e. The predicted molar refractivity (Wildman–Crippen MR) is 78.7 cm³/mol. The maximum atomic E-state index is 5.15. The summed E-state index contributed by atoms with van der Waals surface area (Å²) in [7, 11) is 1.70. The van der Waals surface area contributed by atoms with Crippen LogP contribution in [-0.4, -0.2) is 13.2 Å². The minimum atomic E-state index is 0.488. The SMILES string of the molecule is COc1ccc(CCC(C)Nc2ccsc2)cc1. The summed E-state index contributed by atoms with van der Waals surface area (Å²) in [6.07, 6.45) is 2.21. The lowest BCUT2D eigenvalue weighted by Crippen LogP contribution is -2.15. The van der Waals surface area contributed by atoms with Crippen LogP contribution in [-0.2, 0) is 6.42 Å². The first-order valence-electron chi connectivity index (χ1n) is 6.19. The largest absolute Gasteiger partial charge is 0.497 e. The minimum Gasteiger partial charge on any atom is -0.497 e. The van der Waals surface area contributed by atoms with Crippen molar-refractivity contribution in [3.05, 3.63) is 46.7 Å². The van der Waals surface area contributed by atoms with Crippen LogP contribution in [0.3, 0.4) is 0 Å². The lowest BCUT2D eigenvalue weighted by Gasteiger charge is -2.13. The molecule has 0 aliphatic rings. The van der Waals surface area contributed by atoms with Crippen molar-refractivity contribution < 1.29 is 4.74 Å². The third kappa shape index (κ3) is 3.77. The van der Waals surface area contributed by atoms with Gasteiger partial charge in [-0.25, -0.2) is 0 Å². The van der Waals surface area contributed by atoms with E-state index in [1.807, 2.05) is 12.1 Å². The molecule has 18 heavy (non-hydrogen) atoms. The van der Waals surface area contributed by atoms with E-state index in [9.17, 15) is 0 Å². The summed E-state index contributed by atoms with van der Waals surface area (Å²) in [6, 6.07) is 10.9. The molecule has 0 bridgehead atoms. The maximum absolute atomic E-state index is 5.15. The summed E-state index contributed by atoms with van der Waals surface area (Å²) in [6.45, 7) is 2.22. The van der Waals surface area contributed by atoms with Crippen LogP contribution in [0.5, 0.6) is 5.75 Å². The fourth-order valence-corrected chi connectivity index (χ4v) is 2.48. The number of thiophene rings is 1. The molecule has 1 unspecified atom stereocenters. The van der Waals surface area contributed by atoms with E-state index < -0.39 is 0 Å². The smallest absolute Gasteiger partial charge is 0.118 e. The Labute approximate surface area is 113 Å². The van der Waals surface area contributed by atoms with Crippen LogP contribution in [0.1, 0.15) is 18.9 Å². The minimum absolute atomic E-state index is 0.488. The second-order valence-electron chi connectivity index (χ2n) is 4.44. The van der Waals surface area contributed by atoms with Gasteiger partial charge in [-0.1, -0.05) is 12.1 Å². The van der Waals surface area contributed by atoms with Gasteiger partial charge >= 0.3 is 0 Å². The first kappa shape index (κ1) is 13.0. The van der Waals surface area contributed by atoms with Crippen LogP contribution in [0.15, 0.2) is 41.1 Å². The summed E-state index contributed by atoms with van der Waals surface area (Å²) >= 11 is 1.72. The van der Waals surface area contributed by atoms with Crippen LogP contribution in [0.25, 0.3) is 0 Å². The number of anilines is 1. The molecule has 1 atom stereocenters. The van der Waals surface area contributed by atoms with Gasteiger partial charge in [0.25, 0.3) is 0 Å². The average Bonchev–Trinajstić information content (AvgIpc) is 2.90. The van der Waals surface area contributed by atoms with Crippen LogP contribution < -0.4 is 10.1 Å². The van der Waals surface area contributed by atoms with Gasteiger partial charge in [-0.3, -0.25) is 0 Å². The molecule has 0 radical (unpaired) electrons. The molecule has 2 nitrogen and oxygen atoms in total. The molecule has 1 N–H and O–H groups in total. The molecule has 0 saturated heterocycles. The van der Waals surface area contributed by atoms with E-state index in [1.165, 1.54) is 11.3 Å². The number of rotatable bonds is 6. The predicted octanol–water partition coefficient (Wildman–Crippen LogP) is 4.19. The van der Waals surface area contributed by atoms with E-state index >= 15 is 0 Å². The van der Waals surface area contributed by atoms with Gasteiger partial charge in [0.15, 0.2) is 0 Å². The Balaban J connectivity index is 1.79. The van der Waals surface area contributed by atoms with Crippen LogP contribution in [0.2, 0.25) is 0 Å². The fourth-order valence-electron chi connectivity index (χ4n) is 1.88. The zero-order valence-corrected chi connectivity index (χ0v) is 11.7. The highest BCUT2D eigenvalue weighted by Gasteiger charge is 2.03. The number of hydrogen-bond acceptors (Lipinski definition) is 3. The van der Waals surface area contributed by atoms with Gasteiger partial charge in [-0.15, -0.1) is 0 Å². The first-order valence-corrected chi connectivity index (χ1v) is 7.14. The standard InChI is InChI=1S/C15H19NOS/c1-12(16-14-9-10-18-11-14)3-4-13-5-7-15(17-2)8-6-13/h5-12,16H,3-4H2,1-2H3. The first-order chi connectivity index (χ1) is 8.78. The van der Waals surface area contributed by atoms with E-state index in [2.05, 4.69) is 41.2 Å². The van der Waals surface area contributed by atoms with Crippen molar-refractivity contribution in [1.29, 1.82) is 0 Å². The van der Waals surface area contributed by atoms with Crippen LogP contribution in [0.4, 0.5) is 5.69 Å². The van der Waals surface area contributed by atoms with E-state index in [1.54, 1.807) is 18.4 Å². The third-order valence-electron chi connectivity index (χ3n) is 2.96. The topological polar surface area (TPSA) is 21.3 Å². The lowest BCUT2D eigenvalue weighted by atomic mass is 10.1. The van der Waals surface area contributed by atoms with E-state index in [0.717, 1.165) is 18.6 Å². The Kier molecular flexibility index (Phi) is 4.65. The average molecular weight is 261 g/mol. The fraction of sp³-hybridized carbons (Fsp3) is 0.333. The summed E-state index contributed by atoms with van der Waals surface area (Å²) in [5.41, 5.74) is 2.58. The highest BCUT2D eigenvalue weighted by molar-refractivity contribution is 7.08. The molecular formula is C15H19NOS. The Bertz CT molecular complexity index is 450. The number of ether oxygens (including phenoxy) is 1. The van der Waals surface area contributed by atoms with Crippen molar-refractivity contribution in [2.75, 3.05) is 12.4 Å². The van der Waals surface area contributed by atoms with Crippen molar-refractivity contribution in [1.82, 2.24) is 0 Å². The second kappa shape index (κ2) is 6.45. The quantitative estimate of drug-likeness (QED) is 0.842. The van der Waals surface area contributed by atoms with Gasteiger partial charge < -0.3 is 10.1 Å². The van der Waals surface area contributed by atoms with Crippen LogP contribution >= 0.6 is 11.3 Å². The number of nitrogens with one attached hydrogen (secondary N) is 1. The van der Waals surface area contributed by atoms with Gasteiger partial charge in [0, 0.05) is 17.1 Å². The normalized spacial score (nSPS) is 12.1. The molecule has 1 aromatic carbocycles. The lowest BCUT2D eigenvalue weighted by molar-refractivity contribution is 0.414. The van der Waals surface area contributed by atoms with Crippen molar-refractivity contribution >= 4 is 17.0 Å². The van der Waals surface area contributed by atoms with Gasteiger partial charge in [0.05, 0.1) is 7.11 Å². The van der Waals surface area contributed by atoms with Crippen LogP contribution in [0, 0.1) is 0 Å². The molecule has 0 aliphatic carbocycles. The Morgan fingerprint density at radius 1 is 1.22 bits per heavy atom. The summed E-state index contributed by atoms with van der Waals surface area (Å²) in [5.74, 6) is 0.920. The Hall–Kier alpha value is -1.48. The summed E-state index contributed by atoms with van der Waals surface area (Å²) < 4.78 is 5.15. The van der Waals surface area contributed by atoms with Gasteiger partial charge in [0.1, 0.15) is 5.75 Å². The Morgan fingerprint density at radius 3 is 2.61 bits per heavy atom. The Morgan fingerprint density at radius 2 is 2.00 bits per heavy atom. The van der Waals surface area contributed by atoms with Crippen molar-refractivity contribution in [3.8, 4) is 5.75 Å². The summed E-state index contributed by atoms with van der Waals surface area (Å²) in [4.78, 5) is 0. The molecular weight excluding hydrogens is 242 g/mol. The van der Waals surface area contributed by atoms with E-state index in [-0.39, 0.29) is 0 Å². The third-order valence-corrected chi connectivity index (χ3v) is 3.64. The number of hydrogen-bond donors (Lipinski definition) is 1. The molecule has 2 aromatic rings. The van der Waals surface area contributed by atoms with E-state index in [4.69, 9.17) is 4.74 Å². The molecule has 3 heteroatoms. The molecule has 0 saturated carbocycles. The molecule has 0 amide bonds. The van der Waals surface area contributed by atoms with Gasteiger partial charge in [-0.2, -0.15) is 11.3 Å². The van der Waals surface area contributed by atoms with Gasteiger partial charge in [-0.05, 0) is 48.9 Å². The van der Waals surface area contributed by atoms with Crippen molar-refractivity contribution in [2.45, 2.75) is 25.8 Å². The van der Waals surface area contributed by atoms with E-state index in [0.29, 0.717) is 6.04 Å². The van der Waals surface area contributed by atoms with Crippen molar-refractivity contribution in [3.63, 3.8) is 0 Å². The summed E-state index contributed by atoms with van der Waals surface area (Å²) in [5, 5.41) is 7.74. The molecule has 2 rings (SSSR count). The zero-order chi connectivity index (χ0) is 12.8. The van der Waals surface area contributed by atoms with Crippen molar-refractivity contribution in [2.24, 2.45) is 0 Å². The highest BCUT2D eigenvalue weighted by atomic mass is 32.1. The zero-order valence-electron chi connectivity index (χ0n) is 10.8. The number of benzene rings is 1. The van der Waals surface area contributed by atoms with Gasteiger partial charge in [0.2, 0.25) is 0 Å². The number of aryl methyl sites for hydroxylation is 1. The molecule has 1 aromatic heterocycles. The second-order valence-corrected chi connectivity index (χ2v) is 5.22. The molecule has 1 heterocycles. The monoisotopic (exact) mass is 261 g/mol. The highest BCUT2D eigenvalue weighted by Crippen LogP contribution is 2.16.